The third-order valence-corrected chi connectivity index (χ3v) is 6.31. The van der Waals surface area contributed by atoms with Crippen LogP contribution in [0.1, 0.15) is 39.5 Å². The van der Waals surface area contributed by atoms with Gasteiger partial charge in [-0.1, -0.05) is 0 Å². The lowest BCUT2D eigenvalue weighted by Crippen LogP contribution is -2.55. The van der Waals surface area contributed by atoms with Gasteiger partial charge in [-0.25, -0.2) is 9.37 Å². The number of aromatic nitrogens is 2. The molecule has 0 bridgehead atoms. The van der Waals surface area contributed by atoms with Gasteiger partial charge in [0.2, 0.25) is 5.95 Å². The van der Waals surface area contributed by atoms with Crippen molar-refractivity contribution in [1.29, 1.82) is 0 Å². The molecule has 0 radical (unpaired) electrons. The molecular formula is C23H32FN5O3. The number of methoxy groups -OCH3 is 1. The quantitative estimate of drug-likeness (QED) is 0.568. The van der Waals surface area contributed by atoms with Crippen molar-refractivity contribution in [2.75, 3.05) is 37.5 Å². The van der Waals surface area contributed by atoms with Crippen LogP contribution in [-0.2, 0) is 0 Å². The highest BCUT2D eigenvalue weighted by atomic mass is 19.1. The topological polar surface area (TPSA) is 91.8 Å². The van der Waals surface area contributed by atoms with E-state index >= 15 is 0 Å². The van der Waals surface area contributed by atoms with E-state index in [0.717, 1.165) is 19.4 Å². The normalized spacial score (nSPS) is 22.3. The fraction of sp³-hybridized carbons (Fsp3) is 0.565. The number of ether oxygens (including phenoxy) is 2. The van der Waals surface area contributed by atoms with Crippen LogP contribution >= 0.6 is 0 Å². The van der Waals surface area contributed by atoms with Crippen LogP contribution in [0.4, 0.5) is 21.8 Å². The van der Waals surface area contributed by atoms with Crippen molar-refractivity contribution >= 4 is 17.5 Å². The largest absolute Gasteiger partial charge is 0.493 e. The molecule has 32 heavy (non-hydrogen) atoms. The summed E-state index contributed by atoms with van der Waals surface area (Å²) in [5.41, 5.74) is 0.758. The Morgan fingerprint density at radius 2 is 2.16 bits per heavy atom. The van der Waals surface area contributed by atoms with Gasteiger partial charge in [-0.2, -0.15) is 4.98 Å². The van der Waals surface area contributed by atoms with Gasteiger partial charge in [0.1, 0.15) is 6.61 Å². The summed E-state index contributed by atoms with van der Waals surface area (Å²) in [7, 11) is 1.54. The fourth-order valence-corrected chi connectivity index (χ4v) is 4.99. The predicted octanol–water partition coefficient (Wildman–Crippen LogP) is 3.56. The summed E-state index contributed by atoms with van der Waals surface area (Å²) in [6.07, 6.45) is 5.53. The van der Waals surface area contributed by atoms with E-state index in [4.69, 9.17) is 14.6 Å². The number of hydrogen-bond donors (Lipinski definition) is 3. The summed E-state index contributed by atoms with van der Waals surface area (Å²) in [4.78, 5) is 11.1. The van der Waals surface area contributed by atoms with Gasteiger partial charge < -0.3 is 25.2 Å². The molecule has 9 heteroatoms. The van der Waals surface area contributed by atoms with Crippen LogP contribution < -0.4 is 20.1 Å². The third kappa shape index (κ3) is 4.88. The van der Waals surface area contributed by atoms with E-state index in [0.29, 0.717) is 23.2 Å². The number of anilines is 3. The Morgan fingerprint density at radius 1 is 1.31 bits per heavy atom. The molecule has 0 unspecified atom stereocenters. The van der Waals surface area contributed by atoms with Gasteiger partial charge >= 0.3 is 0 Å². The van der Waals surface area contributed by atoms with Crippen molar-refractivity contribution in [3.8, 4) is 11.5 Å². The Labute approximate surface area is 188 Å². The summed E-state index contributed by atoms with van der Waals surface area (Å²) < 4.78 is 25.3. The lowest BCUT2D eigenvalue weighted by atomic mass is 9.84. The number of halogens is 1. The van der Waals surface area contributed by atoms with Crippen molar-refractivity contribution in [2.24, 2.45) is 0 Å². The highest BCUT2D eigenvalue weighted by molar-refractivity contribution is 5.60. The van der Waals surface area contributed by atoms with Crippen molar-refractivity contribution in [3.05, 3.63) is 30.2 Å². The third-order valence-electron chi connectivity index (χ3n) is 6.31. The number of nitrogens with zero attached hydrogens (tertiary/aromatic N) is 3. The zero-order valence-electron chi connectivity index (χ0n) is 18.9. The highest BCUT2D eigenvalue weighted by Gasteiger charge is 2.43. The Balaban J connectivity index is 1.47. The average molecular weight is 446 g/mol. The molecule has 4 rings (SSSR count). The van der Waals surface area contributed by atoms with Crippen LogP contribution in [0.3, 0.4) is 0 Å². The van der Waals surface area contributed by atoms with Gasteiger partial charge in [0.05, 0.1) is 19.9 Å². The molecule has 2 aliphatic heterocycles. The molecule has 2 atom stereocenters. The van der Waals surface area contributed by atoms with E-state index < -0.39 is 5.82 Å². The number of aliphatic hydroxyl groups is 1. The molecule has 8 nitrogen and oxygen atoms in total. The number of nitrogens with one attached hydrogen (secondary N) is 2. The zero-order valence-corrected chi connectivity index (χ0v) is 18.9. The maximum Gasteiger partial charge on any atom is 0.229 e. The molecule has 0 aliphatic carbocycles. The SMILES string of the molecule is COc1cc(Nc2ncc(F)c(N[C@@H]3C[C@H]4CCCN4C(C)(C)C3)n2)ccc1OCCO. The molecule has 2 fully saturated rings. The highest BCUT2D eigenvalue weighted by Crippen LogP contribution is 2.38. The predicted molar refractivity (Wildman–Crippen MR) is 121 cm³/mol. The van der Waals surface area contributed by atoms with Gasteiger partial charge in [-0.05, 0) is 58.2 Å². The second kappa shape index (κ2) is 9.46. The first kappa shape index (κ1) is 22.5. The minimum absolute atomic E-state index is 0.0814. The first-order chi connectivity index (χ1) is 15.4. The van der Waals surface area contributed by atoms with E-state index in [2.05, 4.69) is 39.3 Å². The summed E-state index contributed by atoms with van der Waals surface area (Å²) >= 11 is 0. The summed E-state index contributed by atoms with van der Waals surface area (Å²) in [6, 6.07) is 5.96. The molecule has 0 amide bonds. The van der Waals surface area contributed by atoms with Gasteiger partial charge in [-0.15, -0.1) is 0 Å². The van der Waals surface area contributed by atoms with Crippen LogP contribution in [0.15, 0.2) is 24.4 Å². The Bertz CT molecular complexity index is 942. The minimum Gasteiger partial charge on any atom is -0.493 e. The Kier molecular flexibility index (Phi) is 6.66. The number of aliphatic hydroxyl groups excluding tert-OH is 1. The van der Waals surface area contributed by atoms with Crippen molar-refractivity contribution in [1.82, 2.24) is 14.9 Å². The molecule has 3 heterocycles. The summed E-state index contributed by atoms with van der Waals surface area (Å²) in [5, 5.41) is 15.4. The minimum atomic E-state index is -0.465. The number of rotatable bonds is 8. The first-order valence-electron chi connectivity index (χ1n) is 11.1. The standard InChI is InChI=1S/C23H32FN5O3/c1-23(2)13-16(11-17-5-4-8-29(17)23)26-21-18(24)14-25-22(28-21)27-15-6-7-19(32-10-9-30)20(12-15)31-3/h6-7,12,14,16-17,30H,4-5,8-11,13H2,1-3H3,(H2,25,26,27,28)/t16-,17-/m1/s1. The van der Waals surface area contributed by atoms with E-state index in [1.807, 2.05) is 0 Å². The summed E-state index contributed by atoms with van der Waals surface area (Å²) in [6.45, 7) is 5.77. The van der Waals surface area contributed by atoms with Gasteiger partial charge in [0.15, 0.2) is 23.1 Å². The maximum atomic E-state index is 14.5. The van der Waals surface area contributed by atoms with Crippen LogP contribution in [0.25, 0.3) is 0 Å². The molecular weight excluding hydrogens is 413 g/mol. The van der Waals surface area contributed by atoms with E-state index in [-0.39, 0.29) is 36.6 Å². The molecule has 0 spiro atoms. The molecule has 3 N–H and O–H groups in total. The van der Waals surface area contributed by atoms with Crippen molar-refractivity contribution in [3.63, 3.8) is 0 Å². The number of fused-ring (bicyclic) bond motifs is 1. The second-order valence-electron chi connectivity index (χ2n) is 9.04. The maximum absolute atomic E-state index is 14.5. The van der Waals surface area contributed by atoms with Gasteiger partial charge in [0.25, 0.3) is 0 Å². The molecule has 2 saturated heterocycles. The monoisotopic (exact) mass is 445 g/mol. The molecule has 0 saturated carbocycles. The lowest BCUT2D eigenvalue weighted by molar-refractivity contribution is 0.0500. The average Bonchev–Trinajstić information content (AvgIpc) is 3.24. The smallest absolute Gasteiger partial charge is 0.229 e. The van der Waals surface area contributed by atoms with Crippen LogP contribution in [0.5, 0.6) is 11.5 Å². The van der Waals surface area contributed by atoms with Gasteiger partial charge in [0, 0.05) is 29.4 Å². The van der Waals surface area contributed by atoms with Crippen molar-refractivity contribution in [2.45, 2.75) is 57.2 Å². The van der Waals surface area contributed by atoms with Crippen LogP contribution in [0, 0.1) is 5.82 Å². The van der Waals surface area contributed by atoms with Gasteiger partial charge in [-0.3, -0.25) is 4.90 Å². The summed E-state index contributed by atoms with van der Waals surface area (Å²) in [5.74, 6) is 1.07. The number of benzene rings is 1. The van der Waals surface area contributed by atoms with Crippen molar-refractivity contribution < 1.29 is 19.0 Å². The molecule has 2 aromatic rings. The molecule has 1 aromatic heterocycles. The fourth-order valence-electron chi connectivity index (χ4n) is 4.99. The van der Waals surface area contributed by atoms with Crippen LogP contribution in [0.2, 0.25) is 0 Å². The molecule has 1 aromatic carbocycles. The Hall–Kier alpha value is -2.65. The molecule has 2 aliphatic rings. The van der Waals surface area contributed by atoms with Crippen LogP contribution in [-0.4, -0.2) is 64.5 Å². The second-order valence-corrected chi connectivity index (χ2v) is 9.04. The zero-order chi connectivity index (χ0) is 22.7. The van der Waals surface area contributed by atoms with E-state index in [9.17, 15) is 4.39 Å². The number of piperidine rings is 1. The Morgan fingerprint density at radius 3 is 2.94 bits per heavy atom. The van der Waals surface area contributed by atoms with E-state index in [1.165, 1.54) is 19.0 Å². The lowest BCUT2D eigenvalue weighted by Gasteiger charge is -2.47. The number of hydrogen-bond acceptors (Lipinski definition) is 8. The van der Waals surface area contributed by atoms with E-state index in [1.54, 1.807) is 25.3 Å². The first-order valence-corrected chi connectivity index (χ1v) is 11.1. The molecule has 174 valence electrons.